The number of benzene rings is 1. The van der Waals surface area contributed by atoms with Gasteiger partial charge in [0.15, 0.2) is 10.6 Å². The molecular formula is C17H15N3O4S. The number of carbonyl (C=O) groups is 1. The normalized spacial score (nSPS) is 15.7. The van der Waals surface area contributed by atoms with Crippen molar-refractivity contribution in [1.29, 1.82) is 0 Å². The van der Waals surface area contributed by atoms with E-state index in [0.717, 1.165) is 34.8 Å². The Hall–Kier alpha value is -2.74. The molecule has 0 unspecified atom stereocenters. The summed E-state index contributed by atoms with van der Waals surface area (Å²) >= 11 is 1.01. The maximum atomic E-state index is 12.0. The van der Waals surface area contributed by atoms with Crippen molar-refractivity contribution in [2.75, 3.05) is 0 Å². The second-order valence-electron chi connectivity index (χ2n) is 5.90. The Bertz CT molecular complexity index is 934. The Morgan fingerprint density at radius 1 is 1.40 bits per heavy atom. The van der Waals surface area contributed by atoms with E-state index in [-0.39, 0.29) is 12.7 Å². The van der Waals surface area contributed by atoms with Crippen LogP contribution in [0.1, 0.15) is 33.5 Å². The van der Waals surface area contributed by atoms with Crippen LogP contribution in [0.2, 0.25) is 0 Å². The average Bonchev–Trinajstić information content (AvgIpc) is 3.30. The van der Waals surface area contributed by atoms with Crippen LogP contribution in [0.3, 0.4) is 0 Å². The Balaban J connectivity index is 1.45. The lowest BCUT2D eigenvalue weighted by atomic mass is 10.1. The van der Waals surface area contributed by atoms with Gasteiger partial charge in [0.05, 0.1) is 5.69 Å². The van der Waals surface area contributed by atoms with Gasteiger partial charge in [0.25, 0.3) is 0 Å². The van der Waals surface area contributed by atoms with Crippen molar-refractivity contribution in [3.63, 3.8) is 0 Å². The molecule has 0 aliphatic carbocycles. The van der Waals surface area contributed by atoms with Crippen LogP contribution in [0, 0.1) is 6.92 Å². The maximum Gasteiger partial charge on any atom is 0.352 e. The molecule has 1 aromatic carbocycles. The highest BCUT2D eigenvalue weighted by molar-refractivity contribution is 7.07. The van der Waals surface area contributed by atoms with E-state index in [1.165, 1.54) is 0 Å². The summed E-state index contributed by atoms with van der Waals surface area (Å²) < 4.78 is 20.0. The quantitative estimate of drug-likeness (QED) is 0.663. The number of aryl methyl sites for hydroxylation is 1. The molecule has 2 aromatic heterocycles. The third-order valence-corrected chi connectivity index (χ3v) is 4.74. The molecule has 8 heteroatoms. The summed E-state index contributed by atoms with van der Waals surface area (Å²) in [6, 6.07) is 7.68. The molecule has 1 atom stereocenters. The van der Waals surface area contributed by atoms with Crippen LogP contribution >= 0.6 is 11.5 Å². The zero-order valence-corrected chi connectivity index (χ0v) is 14.5. The van der Waals surface area contributed by atoms with Crippen molar-refractivity contribution in [2.24, 2.45) is 0 Å². The van der Waals surface area contributed by atoms with Gasteiger partial charge in [-0.05, 0) is 49.1 Å². The number of aromatic nitrogens is 3. The van der Waals surface area contributed by atoms with Gasteiger partial charge in [0.1, 0.15) is 24.2 Å². The van der Waals surface area contributed by atoms with Gasteiger partial charge in [0.2, 0.25) is 0 Å². The molecule has 3 heterocycles. The molecule has 0 saturated carbocycles. The van der Waals surface area contributed by atoms with Gasteiger partial charge in [-0.3, -0.25) is 0 Å². The van der Waals surface area contributed by atoms with Gasteiger partial charge in [-0.2, -0.15) is 0 Å². The minimum Gasteiger partial charge on any atom is -0.490 e. The summed E-state index contributed by atoms with van der Waals surface area (Å²) in [5.74, 6) is 1.09. The first-order valence-electron chi connectivity index (χ1n) is 7.82. The fourth-order valence-corrected chi connectivity index (χ4v) is 3.27. The summed E-state index contributed by atoms with van der Waals surface area (Å²) in [7, 11) is 0. The van der Waals surface area contributed by atoms with Gasteiger partial charge >= 0.3 is 5.97 Å². The average molecular weight is 357 g/mol. The standard InChI is InChI=1S/C17H15N3O4S/c1-9-5-12-6-11(3-4-14(12)23-9)15-7-13(19-24-15)8-22-17(21)16-10(2)18-20-25-16/h3-4,6-7,9H,5,8H2,1-2H3/t9-/m1/s1. The van der Waals surface area contributed by atoms with Crippen molar-refractivity contribution in [1.82, 2.24) is 14.7 Å². The summed E-state index contributed by atoms with van der Waals surface area (Å²) in [6.45, 7) is 3.79. The zero-order valence-electron chi connectivity index (χ0n) is 13.7. The molecule has 0 N–H and O–H groups in total. The van der Waals surface area contributed by atoms with Gasteiger partial charge in [0, 0.05) is 18.1 Å². The summed E-state index contributed by atoms with van der Waals surface area (Å²) in [5.41, 5.74) is 3.18. The minimum atomic E-state index is -0.458. The Morgan fingerprint density at radius 2 is 2.28 bits per heavy atom. The van der Waals surface area contributed by atoms with Gasteiger partial charge in [-0.25, -0.2) is 4.79 Å². The Labute approximate surface area is 147 Å². The molecule has 0 saturated heterocycles. The Kier molecular flexibility index (Phi) is 3.96. The van der Waals surface area contributed by atoms with Gasteiger partial charge in [-0.1, -0.05) is 9.64 Å². The van der Waals surface area contributed by atoms with Crippen molar-refractivity contribution in [3.05, 3.63) is 46.1 Å². The molecular weight excluding hydrogens is 342 g/mol. The van der Waals surface area contributed by atoms with Crippen LogP contribution in [0.25, 0.3) is 11.3 Å². The second-order valence-corrected chi connectivity index (χ2v) is 6.66. The first-order valence-corrected chi connectivity index (χ1v) is 8.59. The number of nitrogens with zero attached hydrogens (tertiary/aromatic N) is 3. The van der Waals surface area contributed by atoms with Crippen molar-refractivity contribution < 1.29 is 18.8 Å². The molecule has 128 valence electrons. The van der Waals surface area contributed by atoms with Crippen molar-refractivity contribution in [3.8, 4) is 17.1 Å². The molecule has 3 aromatic rings. The number of carbonyl (C=O) groups excluding carboxylic acids is 1. The number of hydrogen-bond donors (Lipinski definition) is 0. The lowest BCUT2D eigenvalue weighted by Gasteiger charge is -2.02. The highest BCUT2D eigenvalue weighted by Gasteiger charge is 2.20. The number of hydrogen-bond acceptors (Lipinski definition) is 8. The highest BCUT2D eigenvalue weighted by Crippen LogP contribution is 2.33. The monoisotopic (exact) mass is 357 g/mol. The number of esters is 1. The van der Waals surface area contributed by atoms with E-state index in [1.807, 2.05) is 25.1 Å². The van der Waals surface area contributed by atoms with Crippen LogP contribution in [0.4, 0.5) is 0 Å². The van der Waals surface area contributed by atoms with Gasteiger partial charge in [-0.15, -0.1) is 5.10 Å². The lowest BCUT2D eigenvalue weighted by molar-refractivity contribution is 0.0469. The second kappa shape index (κ2) is 6.29. The third-order valence-electron chi connectivity index (χ3n) is 3.93. The van der Waals surface area contributed by atoms with Crippen molar-refractivity contribution >= 4 is 17.5 Å². The topological polar surface area (TPSA) is 87.3 Å². The smallest absolute Gasteiger partial charge is 0.352 e. The molecule has 0 fully saturated rings. The summed E-state index contributed by atoms with van der Waals surface area (Å²) in [6.07, 6.45) is 1.07. The summed E-state index contributed by atoms with van der Waals surface area (Å²) in [4.78, 5) is 12.4. The molecule has 0 bridgehead atoms. The lowest BCUT2D eigenvalue weighted by Crippen LogP contribution is -2.05. The van der Waals surface area contributed by atoms with E-state index < -0.39 is 5.97 Å². The SMILES string of the molecule is Cc1nnsc1C(=O)OCc1cc(-c2ccc3c(c2)C[C@@H](C)O3)on1. The van der Waals surface area contributed by atoms with Crippen molar-refractivity contribution in [2.45, 2.75) is 33.0 Å². The Morgan fingerprint density at radius 3 is 3.08 bits per heavy atom. The molecule has 0 spiro atoms. The van der Waals surface area contributed by atoms with Crippen LogP contribution in [0.5, 0.6) is 5.75 Å². The van der Waals surface area contributed by atoms with E-state index in [2.05, 4.69) is 14.7 Å². The van der Waals surface area contributed by atoms with E-state index in [1.54, 1.807) is 13.0 Å². The number of fused-ring (bicyclic) bond motifs is 1. The molecule has 0 radical (unpaired) electrons. The predicted molar refractivity (Wildman–Crippen MR) is 89.5 cm³/mol. The van der Waals surface area contributed by atoms with E-state index >= 15 is 0 Å². The first kappa shape index (κ1) is 15.8. The summed E-state index contributed by atoms with van der Waals surface area (Å²) in [5, 5.41) is 7.76. The molecule has 0 amide bonds. The zero-order chi connectivity index (χ0) is 17.4. The van der Waals surface area contributed by atoms with E-state index in [9.17, 15) is 4.79 Å². The predicted octanol–water partition coefficient (Wildman–Crippen LogP) is 3.18. The minimum absolute atomic E-state index is 0.0325. The molecule has 1 aliphatic heterocycles. The van der Waals surface area contributed by atoms with E-state index in [0.29, 0.717) is 22.0 Å². The number of ether oxygens (including phenoxy) is 2. The fraction of sp³-hybridized carbons (Fsp3) is 0.294. The first-order chi connectivity index (χ1) is 12.1. The highest BCUT2D eigenvalue weighted by atomic mass is 32.1. The van der Waals surface area contributed by atoms with Crippen LogP contribution < -0.4 is 4.74 Å². The molecule has 25 heavy (non-hydrogen) atoms. The fourth-order valence-electron chi connectivity index (χ4n) is 2.72. The van der Waals surface area contributed by atoms with Gasteiger partial charge < -0.3 is 14.0 Å². The maximum absolute atomic E-state index is 12.0. The largest absolute Gasteiger partial charge is 0.490 e. The van der Waals surface area contributed by atoms with Crippen LogP contribution in [0.15, 0.2) is 28.8 Å². The third kappa shape index (κ3) is 3.12. The molecule has 1 aliphatic rings. The van der Waals surface area contributed by atoms with Crippen LogP contribution in [-0.4, -0.2) is 26.8 Å². The van der Waals surface area contributed by atoms with Crippen LogP contribution in [-0.2, 0) is 17.8 Å². The number of rotatable bonds is 4. The molecule has 7 nitrogen and oxygen atoms in total. The molecule has 4 rings (SSSR count). The van der Waals surface area contributed by atoms with E-state index in [4.69, 9.17) is 14.0 Å².